The second-order valence-corrected chi connectivity index (χ2v) is 7.84. The van der Waals surface area contributed by atoms with E-state index in [2.05, 4.69) is 5.32 Å². The number of nitrogens with one attached hydrogen (secondary N) is 1. The molecule has 2 heterocycles. The first-order valence-corrected chi connectivity index (χ1v) is 8.78. The minimum Gasteiger partial charge on any atom is -0.444 e. The lowest BCUT2D eigenvalue weighted by Crippen LogP contribution is -2.59. The van der Waals surface area contributed by atoms with Crippen molar-refractivity contribution in [3.63, 3.8) is 0 Å². The number of alkyl halides is 1. The highest BCUT2D eigenvalue weighted by molar-refractivity contribution is 5.70. The van der Waals surface area contributed by atoms with Crippen molar-refractivity contribution in [2.75, 3.05) is 0 Å². The molecule has 0 radical (unpaired) electrons. The van der Waals surface area contributed by atoms with Crippen LogP contribution >= 0.6 is 0 Å². The summed E-state index contributed by atoms with van der Waals surface area (Å²) in [6.07, 6.45) is 0.783. The molecule has 2 fully saturated rings. The van der Waals surface area contributed by atoms with Crippen LogP contribution in [0.3, 0.4) is 0 Å². The minimum atomic E-state index is -1.06. The number of halogens is 1. The Bertz CT molecular complexity index is 572. The Hall–Kier alpha value is -1.62. The van der Waals surface area contributed by atoms with Gasteiger partial charge in [0.1, 0.15) is 11.8 Å². The van der Waals surface area contributed by atoms with Gasteiger partial charge in [-0.15, -0.1) is 0 Å². The molecule has 0 spiro atoms. The van der Waals surface area contributed by atoms with Crippen molar-refractivity contribution < 1.29 is 13.9 Å². The van der Waals surface area contributed by atoms with Gasteiger partial charge < -0.3 is 10.1 Å². The minimum absolute atomic E-state index is 0.0742. The third kappa shape index (κ3) is 3.72. The number of amides is 1. The number of hydrogen-bond acceptors (Lipinski definition) is 3. The van der Waals surface area contributed by atoms with Crippen LogP contribution in [0.4, 0.5) is 9.18 Å². The van der Waals surface area contributed by atoms with Crippen molar-refractivity contribution in [3.05, 3.63) is 35.9 Å². The number of fused-ring (bicyclic) bond motifs is 2. The molecule has 24 heavy (non-hydrogen) atoms. The molecule has 1 aromatic rings. The summed E-state index contributed by atoms with van der Waals surface area (Å²) in [5.74, 6) is 0. The Labute approximate surface area is 143 Å². The van der Waals surface area contributed by atoms with Crippen molar-refractivity contribution >= 4 is 6.09 Å². The van der Waals surface area contributed by atoms with Gasteiger partial charge in [0, 0.05) is 18.6 Å². The Morgan fingerprint density at radius 1 is 1.29 bits per heavy atom. The third-order valence-electron chi connectivity index (χ3n) is 4.84. The first-order valence-electron chi connectivity index (χ1n) is 8.78. The zero-order chi connectivity index (χ0) is 17.3. The van der Waals surface area contributed by atoms with Crippen LogP contribution in [-0.4, -0.2) is 40.9 Å². The number of rotatable bonds is 3. The monoisotopic (exact) mass is 334 g/mol. The summed E-state index contributed by atoms with van der Waals surface area (Å²) < 4.78 is 20.4. The molecule has 0 saturated carbocycles. The molecule has 3 rings (SSSR count). The molecule has 0 unspecified atom stereocenters. The summed E-state index contributed by atoms with van der Waals surface area (Å²) in [6, 6.07) is 9.51. The molecule has 4 atom stereocenters. The average molecular weight is 334 g/mol. The maximum Gasteiger partial charge on any atom is 0.410 e. The van der Waals surface area contributed by atoms with E-state index in [0.717, 1.165) is 12.0 Å². The van der Waals surface area contributed by atoms with Crippen molar-refractivity contribution in [2.45, 2.75) is 76.5 Å². The summed E-state index contributed by atoms with van der Waals surface area (Å²) in [4.78, 5) is 14.1. The van der Waals surface area contributed by atoms with Gasteiger partial charge in [0.05, 0.1) is 6.04 Å². The molecule has 0 aliphatic carbocycles. The lowest BCUT2D eigenvalue weighted by atomic mass is 9.95. The summed E-state index contributed by atoms with van der Waals surface area (Å²) in [6.45, 7) is 6.17. The highest BCUT2D eigenvalue weighted by atomic mass is 19.1. The topological polar surface area (TPSA) is 41.6 Å². The molecule has 0 aromatic heterocycles. The smallest absolute Gasteiger partial charge is 0.410 e. The molecule has 4 nitrogen and oxygen atoms in total. The fourth-order valence-electron chi connectivity index (χ4n) is 3.79. The number of ether oxygens (including phenoxy) is 1. The number of hydrogen-bond donors (Lipinski definition) is 1. The molecule has 1 amide bonds. The summed E-state index contributed by atoms with van der Waals surface area (Å²) in [5, 5.41) is 3.34. The maximum absolute atomic E-state index is 15.0. The number of carbonyl (C=O) groups is 1. The van der Waals surface area contributed by atoms with Gasteiger partial charge in [-0.25, -0.2) is 9.18 Å². The lowest BCUT2D eigenvalue weighted by Gasteiger charge is -2.41. The van der Waals surface area contributed by atoms with E-state index in [0.29, 0.717) is 19.4 Å². The summed E-state index contributed by atoms with van der Waals surface area (Å²) in [5.41, 5.74) is 0.594. The fourth-order valence-corrected chi connectivity index (χ4v) is 3.79. The molecule has 132 valence electrons. The molecule has 2 aliphatic heterocycles. The van der Waals surface area contributed by atoms with Gasteiger partial charge in [-0.2, -0.15) is 0 Å². The van der Waals surface area contributed by atoms with Crippen molar-refractivity contribution in [3.8, 4) is 0 Å². The zero-order valence-corrected chi connectivity index (χ0v) is 14.7. The average Bonchev–Trinajstić information content (AvgIpc) is 2.87. The van der Waals surface area contributed by atoms with E-state index in [4.69, 9.17) is 4.74 Å². The molecular weight excluding hydrogens is 307 g/mol. The van der Waals surface area contributed by atoms with Gasteiger partial charge >= 0.3 is 6.09 Å². The predicted molar refractivity (Wildman–Crippen MR) is 91.5 cm³/mol. The van der Waals surface area contributed by atoms with Gasteiger partial charge in [-0.3, -0.25) is 4.90 Å². The Balaban J connectivity index is 1.62. The largest absolute Gasteiger partial charge is 0.444 e. The number of nitrogens with zero attached hydrogens (tertiary/aromatic N) is 1. The van der Waals surface area contributed by atoms with Crippen LogP contribution in [0.1, 0.15) is 45.6 Å². The van der Waals surface area contributed by atoms with E-state index in [9.17, 15) is 9.18 Å². The summed E-state index contributed by atoms with van der Waals surface area (Å²) in [7, 11) is 0. The first-order chi connectivity index (χ1) is 11.3. The van der Waals surface area contributed by atoms with Crippen LogP contribution in [0.25, 0.3) is 0 Å². The van der Waals surface area contributed by atoms with E-state index >= 15 is 0 Å². The molecule has 2 saturated heterocycles. The Morgan fingerprint density at radius 2 is 2.00 bits per heavy atom. The molecule has 1 aromatic carbocycles. The molecular formula is C19H27FN2O2. The number of piperidine rings is 1. The van der Waals surface area contributed by atoms with Crippen LogP contribution in [-0.2, 0) is 11.3 Å². The van der Waals surface area contributed by atoms with Crippen LogP contribution in [0, 0.1) is 0 Å². The second kappa shape index (κ2) is 6.71. The van der Waals surface area contributed by atoms with E-state index < -0.39 is 11.8 Å². The lowest BCUT2D eigenvalue weighted by molar-refractivity contribution is -0.0135. The van der Waals surface area contributed by atoms with Crippen LogP contribution in [0.5, 0.6) is 0 Å². The predicted octanol–water partition coefficient (Wildman–Crippen LogP) is 3.65. The Morgan fingerprint density at radius 3 is 2.67 bits per heavy atom. The quantitative estimate of drug-likeness (QED) is 0.917. The molecule has 1 N–H and O–H groups in total. The van der Waals surface area contributed by atoms with E-state index in [1.54, 1.807) is 4.90 Å². The van der Waals surface area contributed by atoms with Crippen LogP contribution in [0.2, 0.25) is 0 Å². The van der Waals surface area contributed by atoms with Gasteiger partial charge in [0.2, 0.25) is 0 Å². The Kier molecular flexibility index (Phi) is 4.81. The van der Waals surface area contributed by atoms with Gasteiger partial charge in [0.25, 0.3) is 0 Å². The third-order valence-corrected chi connectivity index (χ3v) is 4.84. The molecule has 2 aliphatic rings. The van der Waals surface area contributed by atoms with E-state index in [1.165, 1.54) is 0 Å². The highest BCUT2D eigenvalue weighted by Crippen LogP contribution is 2.38. The van der Waals surface area contributed by atoms with Crippen molar-refractivity contribution in [1.82, 2.24) is 10.2 Å². The molecule has 5 heteroatoms. The standard InChI is InChI=1S/C19H27FN2O2/c1-19(2,3)24-18(23)22-14-9-10-16(22)17(20)15(11-14)21-12-13-7-5-4-6-8-13/h4-8,14-17,21H,9-12H2,1-3H3/t14-,15-,16+,17-/m0/s1. The van der Waals surface area contributed by atoms with Crippen LogP contribution < -0.4 is 5.32 Å². The highest BCUT2D eigenvalue weighted by Gasteiger charge is 2.50. The van der Waals surface area contributed by atoms with E-state index in [1.807, 2.05) is 51.1 Å². The fraction of sp³-hybridized carbons (Fsp3) is 0.632. The summed E-state index contributed by atoms with van der Waals surface area (Å²) >= 11 is 0. The van der Waals surface area contributed by atoms with Gasteiger partial charge in [-0.1, -0.05) is 30.3 Å². The van der Waals surface area contributed by atoms with Crippen molar-refractivity contribution in [2.24, 2.45) is 0 Å². The SMILES string of the molecule is CC(C)(C)OC(=O)N1[C@H]2CC[C@@H]1[C@@H](F)[C@@H](NCc1ccccc1)C2. The normalized spacial score (nSPS) is 29.6. The number of carbonyl (C=O) groups excluding carboxylic acids is 1. The van der Waals surface area contributed by atoms with Crippen LogP contribution in [0.15, 0.2) is 30.3 Å². The first kappa shape index (κ1) is 17.2. The molecule has 2 bridgehead atoms. The number of benzene rings is 1. The zero-order valence-electron chi connectivity index (χ0n) is 14.7. The van der Waals surface area contributed by atoms with Gasteiger partial charge in [-0.05, 0) is 45.6 Å². The second-order valence-electron chi connectivity index (χ2n) is 7.84. The van der Waals surface area contributed by atoms with E-state index in [-0.39, 0.29) is 24.2 Å². The van der Waals surface area contributed by atoms with Gasteiger partial charge in [0.15, 0.2) is 0 Å². The maximum atomic E-state index is 15.0. The van der Waals surface area contributed by atoms with Crippen molar-refractivity contribution in [1.29, 1.82) is 0 Å².